The van der Waals surface area contributed by atoms with Gasteiger partial charge in [-0.25, -0.2) is 8.78 Å². The number of carbonyl (C=O) groups is 1. The van der Waals surface area contributed by atoms with Crippen LogP contribution in [-0.4, -0.2) is 19.9 Å². The maximum absolute atomic E-state index is 12.7. The van der Waals surface area contributed by atoms with Crippen LogP contribution in [-0.2, 0) is 4.79 Å². The van der Waals surface area contributed by atoms with E-state index in [0.29, 0.717) is 0 Å². The monoisotopic (exact) mass is 254 g/mol. The minimum Gasteiger partial charge on any atom is -0.480 e. The average Bonchev–Trinajstić information content (AvgIpc) is 2.28. The van der Waals surface area contributed by atoms with Gasteiger partial charge < -0.3 is 4.74 Å². The van der Waals surface area contributed by atoms with Gasteiger partial charge >= 0.3 is 0 Å². The summed E-state index contributed by atoms with van der Waals surface area (Å²) in [6.45, 7) is -0.684. The Kier molecular flexibility index (Phi) is 6.83. The van der Waals surface area contributed by atoms with Crippen LogP contribution in [0.5, 0.6) is 5.75 Å². The molecule has 3 N–H and O–H groups in total. The lowest BCUT2D eigenvalue weighted by Crippen LogP contribution is -2.13. The third-order valence-electron chi connectivity index (χ3n) is 1.37. The molecule has 0 atom stereocenters. The topological polar surface area (TPSA) is 64.3 Å². The van der Waals surface area contributed by atoms with Crippen molar-refractivity contribution >= 4 is 6.29 Å². The fraction of sp³-hybridized carbons (Fsp3) is 0.222. The van der Waals surface area contributed by atoms with Gasteiger partial charge in [-0.05, 0) is 7.05 Å². The van der Waals surface area contributed by atoms with Crippen LogP contribution in [0.25, 0.3) is 0 Å². The van der Waals surface area contributed by atoms with Gasteiger partial charge in [0, 0.05) is 6.07 Å². The number of aldehydes is 1. The number of hydrogen-bond donors (Lipinski definition) is 2. The summed E-state index contributed by atoms with van der Waals surface area (Å²) < 4.78 is 54.7. The lowest BCUT2D eigenvalue weighted by Gasteiger charge is -2.06. The summed E-state index contributed by atoms with van der Waals surface area (Å²) in [5.41, 5.74) is 2.25. The van der Waals surface area contributed by atoms with Crippen molar-refractivity contribution in [1.82, 2.24) is 5.43 Å². The minimum atomic E-state index is -1.66. The van der Waals surface area contributed by atoms with Gasteiger partial charge in [-0.1, -0.05) is 0 Å². The van der Waals surface area contributed by atoms with Gasteiger partial charge in [-0.3, -0.25) is 16.1 Å². The normalized spacial score (nSPS) is 9.29. The number of ether oxygens (including phenoxy) is 1. The summed E-state index contributed by atoms with van der Waals surface area (Å²) in [5.74, 6) is -3.11. The van der Waals surface area contributed by atoms with E-state index in [2.05, 4.69) is 16.0 Å². The molecule has 1 rings (SSSR count). The van der Waals surface area contributed by atoms with Gasteiger partial charge in [0.1, 0.15) is 6.61 Å². The fourth-order valence-electron chi connectivity index (χ4n) is 0.795. The molecular weight excluding hydrogens is 244 g/mol. The zero-order valence-electron chi connectivity index (χ0n) is 8.77. The van der Waals surface area contributed by atoms with Crippen molar-refractivity contribution in [2.24, 2.45) is 5.84 Å². The molecule has 0 aliphatic carbocycles. The third kappa shape index (κ3) is 4.37. The highest BCUT2D eigenvalue weighted by Crippen LogP contribution is 2.25. The van der Waals surface area contributed by atoms with Crippen molar-refractivity contribution in [2.45, 2.75) is 0 Å². The smallest absolute Gasteiger partial charge is 0.203 e. The number of hydrogen-bond acceptors (Lipinski definition) is 4. The van der Waals surface area contributed by atoms with Crippen LogP contribution < -0.4 is 16.0 Å². The summed E-state index contributed by atoms with van der Waals surface area (Å²) in [7, 11) is 1.65. The largest absolute Gasteiger partial charge is 0.480 e. The van der Waals surface area contributed by atoms with Gasteiger partial charge in [-0.15, -0.1) is 0 Å². The first-order valence-corrected chi connectivity index (χ1v) is 4.26. The minimum absolute atomic E-state index is 0.0540. The second kappa shape index (κ2) is 7.58. The quantitative estimate of drug-likeness (QED) is 0.276. The molecule has 1 aromatic rings. The molecule has 0 unspecified atom stereocenters. The lowest BCUT2D eigenvalue weighted by atomic mass is 10.3. The number of benzene rings is 1. The Bertz CT molecular complexity index is 361. The fourth-order valence-corrected chi connectivity index (χ4v) is 0.795. The highest BCUT2D eigenvalue weighted by atomic mass is 19.2. The van der Waals surface area contributed by atoms with E-state index < -0.39 is 35.6 Å². The van der Waals surface area contributed by atoms with Crippen molar-refractivity contribution < 1.29 is 27.1 Å². The SMILES string of the molecule is CNN.O=CCOc1c(F)c(F)cc(F)c1F. The van der Waals surface area contributed by atoms with Crippen molar-refractivity contribution in [3.63, 3.8) is 0 Å². The molecule has 0 radical (unpaired) electrons. The Labute approximate surface area is 94.3 Å². The van der Waals surface area contributed by atoms with Gasteiger partial charge in [0.2, 0.25) is 11.6 Å². The van der Waals surface area contributed by atoms with E-state index in [-0.39, 0.29) is 12.4 Å². The molecule has 4 nitrogen and oxygen atoms in total. The maximum Gasteiger partial charge on any atom is 0.203 e. The molecule has 1 aromatic carbocycles. The number of nitrogens with two attached hydrogens (primary N) is 1. The van der Waals surface area contributed by atoms with Crippen LogP contribution >= 0.6 is 0 Å². The van der Waals surface area contributed by atoms with Crippen LogP contribution in [0.3, 0.4) is 0 Å². The van der Waals surface area contributed by atoms with E-state index in [9.17, 15) is 22.4 Å². The van der Waals surface area contributed by atoms with Crippen LogP contribution in [0.1, 0.15) is 0 Å². The van der Waals surface area contributed by atoms with Crippen LogP contribution in [0, 0.1) is 23.3 Å². The molecule has 0 aromatic heterocycles. The lowest BCUT2D eigenvalue weighted by molar-refractivity contribution is -0.109. The number of hydrazine groups is 1. The van der Waals surface area contributed by atoms with Crippen LogP contribution in [0.4, 0.5) is 17.6 Å². The molecule has 0 aliphatic heterocycles. The molecule has 0 spiro atoms. The Morgan fingerprint density at radius 3 is 2.06 bits per heavy atom. The summed E-state index contributed by atoms with van der Waals surface area (Å²) in [6.07, 6.45) is 0.196. The molecule has 0 bridgehead atoms. The first-order chi connectivity index (χ1) is 7.99. The van der Waals surface area contributed by atoms with Crippen molar-refractivity contribution in [2.75, 3.05) is 13.7 Å². The number of halogens is 4. The van der Waals surface area contributed by atoms with Crippen LogP contribution in [0.2, 0.25) is 0 Å². The van der Waals surface area contributed by atoms with E-state index in [1.165, 1.54) is 0 Å². The predicted molar refractivity (Wildman–Crippen MR) is 51.1 cm³/mol. The van der Waals surface area contributed by atoms with E-state index >= 15 is 0 Å². The van der Waals surface area contributed by atoms with E-state index in [0.717, 1.165) is 0 Å². The summed E-state index contributed by atoms with van der Waals surface area (Å²) in [6, 6.07) is 0.0540. The van der Waals surface area contributed by atoms with Crippen molar-refractivity contribution in [3.05, 3.63) is 29.3 Å². The van der Waals surface area contributed by atoms with Gasteiger partial charge in [0.05, 0.1) is 0 Å². The molecule has 0 saturated carbocycles. The molecule has 0 amide bonds. The first-order valence-electron chi connectivity index (χ1n) is 4.26. The summed E-state index contributed by atoms with van der Waals surface area (Å²) >= 11 is 0. The molecule has 0 heterocycles. The maximum atomic E-state index is 12.7. The molecule has 8 heteroatoms. The predicted octanol–water partition coefficient (Wildman–Crippen LogP) is 0.900. The molecule has 0 fully saturated rings. The molecular formula is C9H10F4N2O2. The number of nitrogens with one attached hydrogen (secondary N) is 1. The van der Waals surface area contributed by atoms with Gasteiger partial charge in [-0.2, -0.15) is 8.78 Å². The third-order valence-corrected chi connectivity index (χ3v) is 1.37. The van der Waals surface area contributed by atoms with Crippen molar-refractivity contribution in [1.29, 1.82) is 0 Å². The molecule has 0 saturated heterocycles. The van der Waals surface area contributed by atoms with E-state index in [1.54, 1.807) is 7.05 Å². The summed E-state index contributed by atoms with van der Waals surface area (Å²) in [5, 5.41) is 0. The Balaban J connectivity index is 0.000000770. The van der Waals surface area contributed by atoms with Gasteiger partial charge in [0.25, 0.3) is 0 Å². The summed E-state index contributed by atoms with van der Waals surface area (Å²) in [4.78, 5) is 9.81. The first kappa shape index (κ1) is 15.3. The molecule has 17 heavy (non-hydrogen) atoms. The molecule has 0 aliphatic rings. The average molecular weight is 254 g/mol. The highest BCUT2D eigenvalue weighted by Gasteiger charge is 2.20. The van der Waals surface area contributed by atoms with Crippen molar-refractivity contribution in [3.8, 4) is 5.75 Å². The van der Waals surface area contributed by atoms with Gasteiger partial charge in [0.15, 0.2) is 23.7 Å². The Morgan fingerprint density at radius 2 is 1.71 bits per heavy atom. The zero-order valence-corrected chi connectivity index (χ0v) is 8.77. The number of carbonyl (C=O) groups excluding carboxylic acids is 1. The van der Waals surface area contributed by atoms with E-state index in [4.69, 9.17) is 0 Å². The Morgan fingerprint density at radius 1 is 1.29 bits per heavy atom. The number of rotatable bonds is 3. The Hall–Kier alpha value is -1.67. The molecule has 96 valence electrons. The second-order valence-corrected chi connectivity index (χ2v) is 2.56. The second-order valence-electron chi connectivity index (χ2n) is 2.56. The van der Waals surface area contributed by atoms with E-state index in [1.807, 2.05) is 0 Å². The van der Waals surface area contributed by atoms with Crippen LogP contribution in [0.15, 0.2) is 6.07 Å². The zero-order chi connectivity index (χ0) is 13.4. The standard InChI is InChI=1S/C8H4F4O2.CH6N2/c9-4-3-5(10)7(12)8(6(4)11)14-2-1-13;1-3-2/h1,3H,2H2;3H,2H2,1H3. The highest BCUT2D eigenvalue weighted by molar-refractivity contribution is 5.51.